The maximum Gasteiger partial charge on any atom is 0.379 e. The van der Waals surface area contributed by atoms with Crippen LogP contribution in [0.2, 0.25) is 5.02 Å². The van der Waals surface area contributed by atoms with Crippen LogP contribution >= 0.6 is 11.6 Å². The second kappa shape index (κ2) is 7.11. The van der Waals surface area contributed by atoms with Gasteiger partial charge in [-0.25, -0.2) is 4.79 Å². The van der Waals surface area contributed by atoms with Gasteiger partial charge in [-0.1, -0.05) is 11.6 Å². The number of ketones is 1. The molecule has 5 nitrogen and oxygen atoms in total. The summed E-state index contributed by atoms with van der Waals surface area (Å²) < 4.78 is 14.7. The molecule has 19 heavy (non-hydrogen) atoms. The fraction of sp³-hybridized carbons (Fsp3) is 0.385. The van der Waals surface area contributed by atoms with Gasteiger partial charge < -0.3 is 14.2 Å². The fourth-order valence-corrected chi connectivity index (χ4v) is 1.79. The largest absolute Gasteiger partial charge is 0.495 e. The first-order valence-corrected chi connectivity index (χ1v) is 5.99. The summed E-state index contributed by atoms with van der Waals surface area (Å²) in [5.74, 6) is -1.26. The molecule has 0 aromatic heterocycles. The van der Waals surface area contributed by atoms with Crippen LogP contribution < -0.4 is 4.74 Å². The molecule has 1 rings (SSSR count). The number of hydrogen-bond donors (Lipinski definition) is 0. The van der Waals surface area contributed by atoms with Crippen LogP contribution in [-0.4, -0.2) is 32.6 Å². The van der Waals surface area contributed by atoms with Crippen LogP contribution in [0.1, 0.15) is 22.8 Å². The maximum atomic E-state index is 12.0. The molecule has 0 saturated heterocycles. The number of methoxy groups -OCH3 is 2. The minimum atomic E-state index is -0.916. The molecule has 0 heterocycles. The molecule has 0 aliphatic rings. The van der Waals surface area contributed by atoms with E-state index in [0.717, 1.165) is 0 Å². The van der Waals surface area contributed by atoms with E-state index in [0.29, 0.717) is 11.3 Å². The van der Waals surface area contributed by atoms with Crippen LogP contribution in [0.4, 0.5) is 0 Å². The van der Waals surface area contributed by atoms with Crippen LogP contribution in [0.25, 0.3) is 0 Å². The summed E-state index contributed by atoms with van der Waals surface area (Å²) in [6.45, 7) is 1.92. The number of halogens is 1. The van der Waals surface area contributed by atoms with Crippen molar-refractivity contribution in [1.29, 1.82) is 0 Å². The molecule has 0 fully saturated rings. The maximum absolute atomic E-state index is 12.0. The molecule has 0 amide bonds. The summed E-state index contributed by atoms with van der Waals surface area (Å²) in [5.41, 5.74) is 0.674. The highest BCUT2D eigenvalue weighted by molar-refractivity contribution is 6.42. The molecule has 6 heteroatoms. The lowest BCUT2D eigenvalue weighted by atomic mass is 10.0. The molecule has 0 spiro atoms. The molecule has 0 N–H and O–H groups in total. The standard InChI is InChI=1S/C13H15ClO5/c1-4-19-13(16)12(15)9-6-10(14)11(18-3)5-8(9)7-17-2/h5-6H,4,7H2,1-3H3. The van der Waals surface area contributed by atoms with E-state index in [2.05, 4.69) is 4.74 Å². The van der Waals surface area contributed by atoms with Gasteiger partial charge in [-0.15, -0.1) is 0 Å². The number of Topliss-reactive ketones (excluding diaryl/α,β-unsaturated/α-hetero) is 1. The summed E-state index contributed by atoms with van der Waals surface area (Å²) in [4.78, 5) is 23.4. The van der Waals surface area contributed by atoms with E-state index in [9.17, 15) is 9.59 Å². The second-order valence-electron chi connectivity index (χ2n) is 3.63. The third-order valence-electron chi connectivity index (χ3n) is 2.38. The van der Waals surface area contributed by atoms with Gasteiger partial charge in [-0.05, 0) is 24.6 Å². The van der Waals surface area contributed by atoms with Crippen molar-refractivity contribution in [1.82, 2.24) is 0 Å². The van der Waals surface area contributed by atoms with Crippen molar-refractivity contribution >= 4 is 23.4 Å². The molecule has 0 unspecified atom stereocenters. The average molecular weight is 287 g/mol. The van der Waals surface area contributed by atoms with Crippen molar-refractivity contribution in [3.63, 3.8) is 0 Å². The number of rotatable bonds is 6. The summed E-state index contributed by atoms with van der Waals surface area (Å²) in [6.07, 6.45) is 0. The zero-order chi connectivity index (χ0) is 14.4. The van der Waals surface area contributed by atoms with Gasteiger partial charge in [0.1, 0.15) is 5.75 Å². The van der Waals surface area contributed by atoms with Gasteiger partial charge in [0.25, 0.3) is 5.78 Å². The van der Waals surface area contributed by atoms with E-state index in [1.165, 1.54) is 20.3 Å². The fourth-order valence-electron chi connectivity index (χ4n) is 1.54. The molecule has 0 aliphatic heterocycles. The van der Waals surface area contributed by atoms with E-state index >= 15 is 0 Å². The Bertz CT molecular complexity index is 484. The first-order chi connectivity index (χ1) is 9.04. The Kier molecular flexibility index (Phi) is 5.79. The number of carbonyl (C=O) groups excluding carboxylic acids is 2. The molecule has 1 aromatic carbocycles. The Morgan fingerprint density at radius 3 is 2.47 bits per heavy atom. The minimum Gasteiger partial charge on any atom is -0.495 e. The highest BCUT2D eigenvalue weighted by atomic mass is 35.5. The number of benzene rings is 1. The van der Waals surface area contributed by atoms with Gasteiger partial charge in [-0.3, -0.25) is 4.79 Å². The van der Waals surface area contributed by atoms with Crippen molar-refractivity contribution in [3.8, 4) is 5.75 Å². The normalized spacial score (nSPS) is 10.1. The van der Waals surface area contributed by atoms with Crippen molar-refractivity contribution in [2.45, 2.75) is 13.5 Å². The zero-order valence-electron chi connectivity index (χ0n) is 11.0. The minimum absolute atomic E-state index is 0.133. The van der Waals surface area contributed by atoms with E-state index < -0.39 is 11.8 Å². The SMILES string of the molecule is CCOC(=O)C(=O)c1cc(Cl)c(OC)cc1COC. The van der Waals surface area contributed by atoms with E-state index in [1.54, 1.807) is 13.0 Å². The van der Waals surface area contributed by atoms with Crippen molar-refractivity contribution in [3.05, 3.63) is 28.3 Å². The first kappa shape index (κ1) is 15.5. The van der Waals surface area contributed by atoms with Crippen molar-refractivity contribution in [2.24, 2.45) is 0 Å². The monoisotopic (exact) mass is 286 g/mol. The lowest BCUT2D eigenvalue weighted by Crippen LogP contribution is -2.19. The second-order valence-corrected chi connectivity index (χ2v) is 4.03. The number of ether oxygens (including phenoxy) is 3. The third-order valence-corrected chi connectivity index (χ3v) is 2.68. The molecular weight excluding hydrogens is 272 g/mol. The summed E-state index contributed by atoms with van der Waals surface area (Å²) >= 11 is 5.96. The molecule has 0 atom stereocenters. The van der Waals surface area contributed by atoms with Gasteiger partial charge in [0.15, 0.2) is 0 Å². The molecule has 0 aliphatic carbocycles. The Morgan fingerprint density at radius 2 is 1.95 bits per heavy atom. The van der Waals surface area contributed by atoms with Crippen LogP contribution in [-0.2, 0) is 20.9 Å². The number of esters is 1. The van der Waals surface area contributed by atoms with Gasteiger partial charge in [-0.2, -0.15) is 0 Å². The van der Waals surface area contributed by atoms with Crippen LogP contribution in [0.15, 0.2) is 12.1 Å². The first-order valence-electron chi connectivity index (χ1n) is 5.61. The third kappa shape index (κ3) is 3.68. The van der Waals surface area contributed by atoms with Gasteiger partial charge in [0.05, 0.1) is 25.3 Å². The molecule has 1 aromatic rings. The Labute approximate surface area is 116 Å². The van der Waals surface area contributed by atoms with Crippen LogP contribution in [0.5, 0.6) is 5.75 Å². The Balaban J connectivity index is 3.21. The predicted octanol–water partition coefficient (Wildman–Crippen LogP) is 2.24. The molecule has 0 saturated carbocycles. The zero-order valence-corrected chi connectivity index (χ0v) is 11.7. The summed E-state index contributed by atoms with van der Waals surface area (Å²) in [5, 5.41) is 0.245. The van der Waals surface area contributed by atoms with Crippen LogP contribution in [0.3, 0.4) is 0 Å². The quantitative estimate of drug-likeness (QED) is 0.456. The Hall–Kier alpha value is -1.59. The van der Waals surface area contributed by atoms with Gasteiger partial charge in [0.2, 0.25) is 0 Å². The molecular formula is C13H15ClO5. The Morgan fingerprint density at radius 1 is 1.26 bits per heavy atom. The topological polar surface area (TPSA) is 61.8 Å². The van der Waals surface area contributed by atoms with Gasteiger partial charge >= 0.3 is 5.97 Å². The number of hydrogen-bond acceptors (Lipinski definition) is 5. The molecule has 0 bridgehead atoms. The van der Waals surface area contributed by atoms with Crippen molar-refractivity contribution < 1.29 is 23.8 Å². The van der Waals surface area contributed by atoms with Crippen LogP contribution in [0, 0.1) is 0 Å². The van der Waals surface area contributed by atoms with Gasteiger partial charge in [0, 0.05) is 12.7 Å². The molecule has 104 valence electrons. The van der Waals surface area contributed by atoms with E-state index in [4.69, 9.17) is 21.1 Å². The smallest absolute Gasteiger partial charge is 0.379 e. The molecule has 0 radical (unpaired) electrons. The number of carbonyl (C=O) groups is 2. The lowest BCUT2D eigenvalue weighted by Gasteiger charge is -2.11. The summed E-state index contributed by atoms with van der Waals surface area (Å²) in [7, 11) is 2.95. The van der Waals surface area contributed by atoms with Crippen molar-refractivity contribution in [2.75, 3.05) is 20.8 Å². The van der Waals surface area contributed by atoms with E-state index in [-0.39, 0.29) is 23.8 Å². The average Bonchev–Trinajstić information content (AvgIpc) is 2.40. The predicted molar refractivity (Wildman–Crippen MR) is 69.7 cm³/mol. The van der Waals surface area contributed by atoms with E-state index in [1.807, 2.05) is 0 Å². The highest BCUT2D eigenvalue weighted by Gasteiger charge is 2.22. The lowest BCUT2D eigenvalue weighted by molar-refractivity contribution is -0.137. The highest BCUT2D eigenvalue weighted by Crippen LogP contribution is 2.29. The summed E-state index contributed by atoms with van der Waals surface area (Å²) in [6, 6.07) is 2.95.